The van der Waals surface area contributed by atoms with Crippen LogP contribution in [0, 0.1) is 29.6 Å². The van der Waals surface area contributed by atoms with Gasteiger partial charge in [0.25, 0.3) is 10.1 Å². The second-order valence-electron chi connectivity index (χ2n) is 11.0. The minimum Gasteiger partial charge on any atom is -0.493 e. The summed E-state index contributed by atoms with van der Waals surface area (Å²) in [6.07, 6.45) is 0.193. The van der Waals surface area contributed by atoms with Gasteiger partial charge in [0.05, 0.1) is 48.5 Å². The molecule has 1 aromatic heterocycles. The SMILES string of the molecule is COc1cc2cc(C#N)ccc2c(OC)c1Oc1cc(N2CCC(O)C2)nc(Nc2ccc(C#N)cc2)n1.Cc1ccc(S(=O)(=O)O)cc1. The quantitative estimate of drug-likeness (QED) is 0.168. The van der Waals surface area contributed by atoms with Crippen LogP contribution in [0.1, 0.15) is 23.1 Å². The molecule has 14 heteroatoms. The number of hydrogen-bond acceptors (Lipinski definition) is 12. The molecule has 0 spiro atoms. The van der Waals surface area contributed by atoms with Crippen molar-refractivity contribution in [1.29, 1.82) is 10.5 Å². The molecular formula is C35H32N6O7S. The molecule has 1 aliphatic heterocycles. The van der Waals surface area contributed by atoms with Gasteiger partial charge < -0.3 is 29.5 Å². The van der Waals surface area contributed by atoms with Crippen LogP contribution in [-0.4, -0.2) is 61.5 Å². The van der Waals surface area contributed by atoms with E-state index in [1.165, 1.54) is 26.4 Å². The topological polar surface area (TPSA) is 191 Å². The number of aliphatic hydroxyl groups excluding tert-OH is 1. The summed E-state index contributed by atoms with van der Waals surface area (Å²) in [4.78, 5) is 11.1. The summed E-state index contributed by atoms with van der Waals surface area (Å²) in [5.74, 6) is 2.26. The van der Waals surface area contributed by atoms with Gasteiger partial charge in [0.15, 0.2) is 11.5 Å². The van der Waals surface area contributed by atoms with Crippen LogP contribution in [0.4, 0.5) is 17.5 Å². The fourth-order valence-corrected chi connectivity index (χ4v) is 5.54. The van der Waals surface area contributed by atoms with E-state index in [0.29, 0.717) is 59.4 Å². The normalized spacial score (nSPS) is 13.9. The van der Waals surface area contributed by atoms with E-state index >= 15 is 0 Å². The van der Waals surface area contributed by atoms with Crippen molar-refractivity contribution in [3.63, 3.8) is 0 Å². The van der Waals surface area contributed by atoms with Crippen molar-refractivity contribution in [3.05, 3.63) is 95.6 Å². The van der Waals surface area contributed by atoms with Gasteiger partial charge in [-0.05, 0) is 79.4 Å². The van der Waals surface area contributed by atoms with Gasteiger partial charge in [-0.15, -0.1) is 0 Å². The van der Waals surface area contributed by atoms with Crippen LogP contribution >= 0.6 is 0 Å². The lowest BCUT2D eigenvalue weighted by molar-refractivity contribution is 0.198. The minimum atomic E-state index is -4.02. The largest absolute Gasteiger partial charge is 0.493 e. The summed E-state index contributed by atoms with van der Waals surface area (Å²) in [5.41, 5.74) is 2.71. The van der Waals surface area contributed by atoms with Gasteiger partial charge in [-0.1, -0.05) is 17.7 Å². The number of methoxy groups -OCH3 is 2. The summed E-state index contributed by atoms with van der Waals surface area (Å²) >= 11 is 0. The fraction of sp³-hybridized carbons (Fsp3) is 0.200. The average molecular weight is 681 g/mol. The van der Waals surface area contributed by atoms with Crippen molar-refractivity contribution in [2.24, 2.45) is 0 Å². The number of nitriles is 2. The molecule has 2 heterocycles. The molecule has 1 unspecified atom stereocenters. The maximum absolute atomic E-state index is 10.5. The van der Waals surface area contributed by atoms with E-state index < -0.39 is 16.2 Å². The number of aryl methyl sites for hydroxylation is 1. The van der Waals surface area contributed by atoms with Gasteiger partial charge in [0, 0.05) is 30.2 Å². The number of nitrogens with one attached hydrogen (secondary N) is 1. The van der Waals surface area contributed by atoms with Gasteiger partial charge in [-0.2, -0.15) is 28.9 Å². The minimum absolute atomic E-state index is 0.0666. The number of fused-ring (bicyclic) bond motifs is 1. The van der Waals surface area contributed by atoms with Crippen molar-refractivity contribution in [1.82, 2.24) is 9.97 Å². The molecule has 0 saturated carbocycles. The highest BCUT2D eigenvalue weighted by Gasteiger charge is 2.24. The molecule has 1 fully saturated rings. The second-order valence-corrected chi connectivity index (χ2v) is 12.4. The zero-order chi connectivity index (χ0) is 35.1. The molecule has 5 aromatic rings. The third-order valence-electron chi connectivity index (χ3n) is 7.54. The van der Waals surface area contributed by atoms with Gasteiger partial charge in [-0.25, -0.2) is 0 Å². The van der Waals surface area contributed by atoms with E-state index in [2.05, 4.69) is 27.4 Å². The molecule has 0 amide bonds. The molecule has 1 atom stereocenters. The Morgan fingerprint density at radius 3 is 2.18 bits per heavy atom. The third kappa shape index (κ3) is 8.33. The van der Waals surface area contributed by atoms with Crippen molar-refractivity contribution in [2.75, 3.05) is 37.5 Å². The predicted octanol–water partition coefficient (Wildman–Crippen LogP) is 5.74. The number of hydrogen-bond donors (Lipinski definition) is 3. The van der Waals surface area contributed by atoms with Crippen molar-refractivity contribution in [2.45, 2.75) is 24.3 Å². The highest BCUT2D eigenvalue weighted by Crippen LogP contribution is 2.46. The van der Waals surface area contributed by atoms with Crippen molar-refractivity contribution in [3.8, 4) is 35.3 Å². The lowest BCUT2D eigenvalue weighted by Gasteiger charge is -2.20. The predicted molar refractivity (Wildman–Crippen MR) is 182 cm³/mol. The van der Waals surface area contributed by atoms with Crippen LogP contribution in [0.2, 0.25) is 0 Å². The van der Waals surface area contributed by atoms with E-state index in [0.717, 1.165) is 16.3 Å². The number of nitrogens with zero attached hydrogens (tertiary/aromatic N) is 5. The first-order chi connectivity index (χ1) is 23.5. The van der Waals surface area contributed by atoms with Crippen LogP contribution in [0.5, 0.6) is 23.1 Å². The Hall–Kier alpha value is -5.93. The van der Waals surface area contributed by atoms with E-state index in [1.54, 1.807) is 66.7 Å². The van der Waals surface area contributed by atoms with Gasteiger partial charge in [-0.3, -0.25) is 4.55 Å². The maximum atomic E-state index is 10.5. The van der Waals surface area contributed by atoms with Crippen LogP contribution in [0.25, 0.3) is 10.8 Å². The molecule has 0 aliphatic carbocycles. The number of ether oxygens (including phenoxy) is 3. The van der Waals surface area contributed by atoms with Crippen LogP contribution in [0.15, 0.2) is 83.8 Å². The van der Waals surface area contributed by atoms with Crippen molar-refractivity contribution < 1.29 is 32.3 Å². The number of anilines is 3. The molecule has 0 bridgehead atoms. The van der Waals surface area contributed by atoms with Gasteiger partial charge >= 0.3 is 0 Å². The zero-order valence-electron chi connectivity index (χ0n) is 26.8. The molecular weight excluding hydrogens is 648 g/mol. The molecule has 1 saturated heterocycles. The maximum Gasteiger partial charge on any atom is 0.294 e. The molecule has 1 aliphatic rings. The number of aliphatic hydroxyl groups is 1. The second kappa shape index (κ2) is 14.9. The lowest BCUT2D eigenvalue weighted by atomic mass is 10.1. The summed E-state index contributed by atoms with van der Waals surface area (Å²) < 4.78 is 47.2. The number of aromatic nitrogens is 2. The molecule has 13 nitrogen and oxygen atoms in total. The molecule has 250 valence electrons. The summed E-state index contributed by atoms with van der Waals surface area (Å²) in [6.45, 7) is 2.92. The van der Waals surface area contributed by atoms with Crippen LogP contribution in [-0.2, 0) is 10.1 Å². The lowest BCUT2D eigenvalue weighted by Crippen LogP contribution is -2.22. The summed E-state index contributed by atoms with van der Waals surface area (Å²) in [6, 6.07) is 25.9. The highest BCUT2D eigenvalue weighted by atomic mass is 32.2. The number of benzene rings is 4. The van der Waals surface area contributed by atoms with Crippen LogP contribution in [0.3, 0.4) is 0 Å². The van der Waals surface area contributed by atoms with Crippen molar-refractivity contribution >= 4 is 38.3 Å². The first-order valence-electron chi connectivity index (χ1n) is 14.9. The fourth-order valence-electron chi connectivity index (χ4n) is 5.06. The number of β-amino-alcohol motifs (C(OH)–C–C–N with tert-alkyl or cyclic N) is 1. The van der Waals surface area contributed by atoms with E-state index in [1.807, 2.05) is 11.8 Å². The number of rotatable bonds is 8. The highest BCUT2D eigenvalue weighted by molar-refractivity contribution is 7.85. The molecule has 6 rings (SSSR count). The Labute approximate surface area is 283 Å². The third-order valence-corrected chi connectivity index (χ3v) is 8.41. The molecule has 4 aromatic carbocycles. The molecule has 0 radical (unpaired) electrons. The molecule has 3 N–H and O–H groups in total. The van der Waals surface area contributed by atoms with Gasteiger partial charge in [0.1, 0.15) is 5.82 Å². The molecule has 49 heavy (non-hydrogen) atoms. The van der Waals surface area contributed by atoms with Gasteiger partial charge in [0.2, 0.25) is 17.6 Å². The Kier molecular flexibility index (Phi) is 10.4. The van der Waals surface area contributed by atoms with Crippen LogP contribution < -0.4 is 24.4 Å². The average Bonchev–Trinajstić information content (AvgIpc) is 3.54. The summed E-state index contributed by atoms with van der Waals surface area (Å²) in [5, 5.41) is 33.1. The Morgan fingerprint density at radius 2 is 1.59 bits per heavy atom. The monoisotopic (exact) mass is 680 g/mol. The smallest absolute Gasteiger partial charge is 0.294 e. The first kappa shape index (κ1) is 34.4. The Bertz CT molecular complexity index is 2160. The first-order valence-corrected chi connectivity index (χ1v) is 16.4. The zero-order valence-corrected chi connectivity index (χ0v) is 27.6. The van der Waals surface area contributed by atoms with E-state index in [4.69, 9.17) is 24.0 Å². The summed E-state index contributed by atoms with van der Waals surface area (Å²) in [7, 11) is -0.959. The van der Waals surface area contributed by atoms with E-state index in [9.17, 15) is 18.8 Å². The van der Waals surface area contributed by atoms with E-state index in [-0.39, 0.29) is 16.7 Å². The Morgan fingerprint density at radius 1 is 0.898 bits per heavy atom. The Balaban J connectivity index is 0.000000363. The standard InChI is InChI=1S/C28H24N6O4.C7H8O3S/c1-36-23-12-19-11-18(15-30)5-8-22(19)26(37-2)27(23)38-25-13-24(34-10-9-21(35)16-34)32-28(33-25)31-20-6-3-17(14-29)4-7-20;1-6-2-4-7(5-3-6)11(8,9)10/h3-8,11-13,21,35H,9-10,16H2,1-2H3,(H,31,32,33);2-5H,1H3,(H,8,9,10).